The van der Waals surface area contributed by atoms with Crippen molar-refractivity contribution in [1.29, 1.82) is 0 Å². The SMILES string of the molecule is Fc1ccc(Oc2cc(Oc3cccnc3)cc3[nH]c(S)nc23)cc1. The predicted molar refractivity (Wildman–Crippen MR) is 94.1 cm³/mol. The smallest absolute Gasteiger partial charge is 0.163 e. The Bertz CT molecular complexity index is 1020. The van der Waals surface area contributed by atoms with E-state index in [4.69, 9.17) is 9.47 Å². The third kappa shape index (κ3) is 3.41. The summed E-state index contributed by atoms with van der Waals surface area (Å²) in [5.74, 6) is 1.78. The van der Waals surface area contributed by atoms with Gasteiger partial charge in [-0.15, -0.1) is 12.6 Å². The van der Waals surface area contributed by atoms with E-state index in [0.717, 1.165) is 0 Å². The van der Waals surface area contributed by atoms with Crippen LogP contribution < -0.4 is 9.47 Å². The fourth-order valence-corrected chi connectivity index (χ4v) is 2.58. The monoisotopic (exact) mass is 353 g/mol. The Hall–Kier alpha value is -3.06. The van der Waals surface area contributed by atoms with Crippen LogP contribution in [0.25, 0.3) is 11.0 Å². The quantitative estimate of drug-likeness (QED) is 0.509. The zero-order chi connectivity index (χ0) is 17.2. The number of pyridine rings is 1. The van der Waals surface area contributed by atoms with Crippen molar-refractivity contribution in [2.75, 3.05) is 0 Å². The van der Waals surface area contributed by atoms with E-state index < -0.39 is 0 Å². The van der Waals surface area contributed by atoms with Crippen LogP contribution in [0, 0.1) is 5.82 Å². The minimum Gasteiger partial charge on any atom is -0.456 e. The molecule has 5 nitrogen and oxygen atoms in total. The highest BCUT2D eigenvalue weighted by Gasteiger charge is 2.12. The summed E-state index contributed by atoms with van der Waals surface area (Å²) in [7, 11) is 0. The maximum absolute atomic E-state index is 13.1. The molecule has 2 heterocycles. The number of aromatic nitrogens is 3. The zero-order valence-corrected chi connectivity index (χ0v) is 13.7. The van der Waals surface area contributed by atoms with Gasteiger partial charge in [0.25, 0.3) is 0 Å². The minimum atomic E-state index is -0.330. The van der Waals surface area contributed by atoms with Crippen molar-refractivity contribution in [2.24, 2.45) is 0 Å². The Morgan fingerprint density at radius 3 is 2.56 bits per heavy atom. The van der Waals surface area contributed by atoms with Crippen LogP contribution in [-0.2, 0) is 0 Å². The van der Waals surface area contributed by atoms with Crippen molar-refractivity contribution < 1.29 is 13.9 Å². The molecular formula is C18H12FN3O2S. The van der Waals surface area contributed by atoms with E-state index in [1.807, 2.05) is 0 Å². The Balaban J connectivity index is 1.74. The molecule has 0 bridgehead atoms. The Kier molecular flexibility index (Phi) is 3.99. The molecule has 4 rings (SSSR count). The van der Waals surface area contributed by atoms with Gasteiger partial charge in [0.15, 0.2) is 10.9 Å². The summed E-state index contributed by atoms with van der Waals surface area (Å²) in [6.45, 7) is 0. The number of hydrogen-bond donors (Lipinski definition) is 2. The normalized spacial score (nSPS) is 10.8. The number of rotatable bonds is 4. The van der Waals surface area contributed by atoms with E-state index >= 15 is 0 Å². The maximum atomic E-state index is 13.1. The average Bonchev–Trinajstić information content (AvgIpc) is 2.98. The van der Waals surface area contributed by atoms with Gasteiger partial charge in [-0.1, -0.05) is 0 Å². The van der Waals surface area contributed by atoms with Gasteiger partial charge in [-0.25, -0.2) is 9.37 Å². The number of aromatic amines is 1. The van der Waals surface area contributed by atoms with E-state index in [1.165, 1.54) is 12.1 Å². The summed E-state index contributed by atoms with van der Waals surface area (Å²) < 4.78 is 24.8. The van der Waals surface area contributed by atoms with Crippen LogP contribution in [0.5, 0.6) is 23.0 Å². The van der Waals surface area contributed by atoms with Gasteiger partial charge in [0.2, 0.25) is 0 Å². The first-order chi connectivity index (χ1) is 12.2. The fourth-order valence-electron chi connectivity index (χ4n) is 2.36. The number of nitrogens with one attached hydrogen (secondary N) is 1. The molecule has 1 N–H and O–H groups in total. The molecule has 0 aliphatic carbocycles. The van der Waals surface area contributed by atoms with Gasteiger partial charge in [0.05, 0.1) is 11.7 Å². The van der Waals surface area contributed by atoms with Crippen molar-refractivity contribution in [3.05, 3.63) is 66.7 Å². The van der Waals surface area contributed by atoms with Gasteiger partial charge in [-0.2, -0.15) is 0 Å². The molecule has 0 fully saturated rings. The summed E-state index contributed by atoms with van der Waals surface area (Å²) in [6.07, 6.45) is 3.28. The molecule has 4 aromatic rings. The van der Waals surface area contributed by atoms with Crippen LogP contribution >= 0.6 is 12.6 Å². The minimum absolute atomic E-state index is 0.330. The van der Waals surface area contributed by atoms with E-state index in [1.54, 1.807) is 48.8 Å². The first-order valence-electron chi connectivity index (χ1n) is 7.41. The van der Waals surface area contributed by atoms with Gasteiger partial charge >= 0.3 is 0 Å². The number of halogens is 1. The molecule has 0 radical (unpaired) electrons. The fraction of sp³-hybridized carbons (Fsp3) is 0. The van der Waals surface area contributed by atoms with E-state index in [9.17, 15) is 4.39 Å². The van der Waals surface area contributed by atoms with E-state index in [0.29, 0.717) is 39.2 Å². The lowest BCUT2D eigenvalue weighted by atomic mass is 10.2. The summed E-state index contributed by atoms with van der Waals surface area (Å²) in [5.41, 5.74) is 1.32. The highest BCUT2D eigenvalue weighted by Crippen LogP contribution is 2.35. The molecule has 0 atom stereocenters. The van der Waals surface area contributed by atoms with Crippen molar-refractivity contribution in [2.45, 2.75) is 5.16 Å². The number of benzene rings is 2. The molecule has 0 aliphatic rings. The van der Waals surface area contributed by atoms with Gasteiger partial charge in [-0.3, -0.25) is 4.98 Å². The molecule has 0 aliphatic heterocycles. The number of imidazole rings is 1. The van der Waals surface area contributed by atoms with Crippen molar-refractivity contribution in [3.8, 4) is 23.0 Å². The van der Waals surface area contributed by atoms with Crippen LogP contribution in [0.4, 0.5) is 4.39 Å². The second-order valence-corrected chi connectivity index (χ2v) is 5.65. The highest BCUT2D eigenvalue weighted by molar-refractivity contribution is 7.80. The summed E-state index contributed by atoms with van der Waals surface area (Å²) in [6, 6.07) is 12.8. The molecule has 2 aromatic carbocycles. The van der Waals surface area contributed by atoms with E-state index in [2.05, 4.69) is 27.6 Å². The largest absolute Gasteiger partial charge is 0.456 e. The number of thiol groups is 1. The molecule has 124 valence electrons. The standard InChI is InChI=1S/C18H12FN3O2S/c19-11-3-5-12(6-4-11)24-16-9-14(23-13-2-1-7-20-10-13)8-15-17(16)22-18(25)21-15/h1-10H,(H2,21,22,25). The third-order valence-electron chi connectivity index (χ3n) is 3.42. The second kappa shape index (κ2) is 6.45. The van der Waals surface area contributed by atoms with Gasteiger partial charge < -0.3 is 14.5 Å². The van der Waals surface area contributed by atoms with Gasteiger partial charge in [0.1, 0.15) is 28.6 Å². The van der Waals surface area contributed by atoms with Gasteiger partial charge in [0, 0.05) is 18.3 Å². The average molecular weight is 353 g/mol. The molecule has 7 heteroatoms. The second-order valence-electron chi connectivity index (χ2n) is 5.22. The lowest BCUT2D eigenvalue weighted by Gasteiger charge is -2.10. The Labute approximate surface area is 147 Å². The number of nitrogens with zero attached hydrogens (tertiary/aromatic N) is 2. The summed E-state index contributed by atoms with van der Waals surface area (Å²) in [5, 5.41) is 0.456. The topological polar surface area (TPSA) is 60.0 Å². The summed E-state index contributed by atoms with van der Waals surface area (Å²) >= 11 is 4.24. The number of fused-ring (bicyclic) bond motifs is 1. The third-order valence-corrected chi connectivity index (χ3v) is 3.64. The molecule has 2 aromatic heterocycles. The van der Waals surface area contributed by atoms with Crippen LogP contribution in [0.15, 0.2) is 66.1 Å². The lowest BCUT2D eigenvalue weighted by Crippen LogP contribution is -1.90. The van der Waals surface area contributed by atoms with Crippen LogP contribution in [0.2, 0.25) is 0 Å². The number of H-pyrrole nitrogens is 1. The predicted octanol–water partition coefficient (Wildman–Crippen LogP) is 4.97. The first-order valence-corrected chi connectivity index (χ1v) is 7.86. The number of ether oxygens (including phenoxy) is 2. The molecule has 25 heavy (non-hydrogen) atoms. The van der Waals surface area contributed by atoms with Crippen molar-refractivity contribution >= 4 is 23.7 Å². The molecule has 0 unspecified atom stereocenters. The zero-order valence-electron chi connectivity index (χ0n) is 12.8. The van der Waals surface area contributed by atoms with Crippen LogP contribution in [-0.4, -0.2) is 15.0 Å². The van der Waals surface area contributed by atoms with Crippen LogP contribution in [0.1, 0.15) is 0 Å². The maximum Gasteiger partial charge on any atom is 0.163 e. The Morgan fingerprint density at radius 2 is 1.80 bits per heavy atom. The first kappa shape index (κ1) is 15.5. The Morgan fingerprint density at radius 1 is 0.960 bits per heavy atom. The van der Waals surface area contributed by atoms with Crippen molar-refractivity contribution in [3.63, 3.8) is 0 Å². The number of hydrogen-bond acceptors (Lipinski definition) is 5. The van der Waals surface area contributed by atoms with Crippen molar-refractivity contribution in [1.82, 2.24) is 15.0 Å². The van der Waals surface area contributed by atoms with Gasteiger partial charge in [-0.05, 0) is 36.4 Å². The molecule has 0 spiro atoms. The summed E-state index contributed by atoms with van der Waals surface area (Å²) in [4.78, 5) is 11.4. The molecular weight excluding hydrogens is 341 g/mol. The molecule has 0 saturated heterocycles. The molecule has 0 amide bonds. The highest BCUT2D eigenvalue weighted by atomic mass is 32.1. The molecule has 0 saturated carbocycles. The van der Waals surface area contributed by atoms with Crippen LogP contribution in [0.3, 0.4) is 0 Å². The van der Waals surface area contributed by atoms with E-state index in [-0.39, 0.29) is 5.82 Å². The lowest BCUT2D eigenvalue weighted by molar-refractivity contribution is 0.462.